The van der Waals surface area contributed by atoms with Crippen molar-refractivity contribution in [2.24, 2.45) is 7.05 Å². The number of hydrogen-bond acceptors (Lipinski definition) is 6. The second-order valence-electron chi connectivity index (χ2n) is 8.92. The number of carbonyl (C=O) groups is 2. The van der Waals surface area contributed by atoms with E-state index in [1.165, 1.54) is 11.3 Å². The zero-order chi connectivity index (χ0) is 23.9. The van der Waals surface area contributed by atoms with Crippen LogP contribution in [0.15, 0.2) is 48.1 Å². The second kappa shape index (κ2) is 8.66. The van der Waals surface area contributed by atoms with Crippen LogP contribution >= 0.6 is 11.3 Å². The molecule has 1 aliphatic carbocycles. The summed E-state index contributed by atoms with van der Waals surface area (Å²) >= 11 is 1.33. The van der Waals surface area contributed by atoms with Gasteiger partial charge in [-0.15, -0.1) is 11.3 Å². The van der Waals surface area contributed by atoms with Crippen LogP contribution in [0.1, 0.15) is 34.8 Å². The van der Waals surface area contributed by atoms with Gasteiger partial charge in [-0.2, -0.15) is 0 Å². The summed E-state index contributed by atoms with van der Waals surface area (Å²) in [5, 5.41) is 17.6. The average Bonchev–Trinajstić information content (AvgIpc) is 3.55. The number of benzene rings is 2. The van der Waals surface area contributed by atoms with Crippen LogP contribution in [-0.4, -0.2) is 44.6 Å². The molecule has 2 heterocycles. The van der Waals surface area contributed by atoms with E-state index >= 15 is 0 Å². The Labute approximate surface area is 200 Å². The summed E-state index contributed by atoms with van der Waals surface area (Å²) in [5.74, 6) is -0.674. The van der Waals surface area contributed by atoms with Crippen molar-refractivity contribution in [3.63, 3.8) is 0 Å². The van der Waals surface area contributed by atoms with Crippen molar-refractivity contribution in [3.8, 4) is 11.3 Å². The molecule has 0 bridgehead atoms. The zero-order valence-corrected chi connectivity index (χ0v) is 19.8. The van der Waals surface area contributed by atoms with Crippen LogP contribution in [-0.2, 0) is 23.7 Å². The number of carbonyl (C=O) groups excluding carboxylic acids is 2. The molecule has 0 saturated heterocycles. The Bertz CT molecular complexity index is 1410. The fourth-order valence-corrected chi connectivity index (χ4v) is 5.12. The van der Waals surface area contributed by atoms with Gasteiger partial charge in [0.05, 0.1) is 36.2 Å². The Morgan fingerprint density at radius 1 is 1.24 bits per heavy atom. The lowest BCUT2D eigenvalue weighted by Crippen LogP contribution is -2.33. The van der Waals surface area contributed by atoms with Crippen molar-refractivity contribution in [1.29, 1.82) is 0 Å². The average molecular weight is 476 g/mol. The van der Waals surface area contributed by atoms with Crippen LogP contribution in [0.4, 0.5) is 5.13 Å². The molecule has 0 unspecified atom stereocenters. The SMILES string of the molecule is Cn1cnc2ccc(-c3csc(NC(=O)CNC(=O)c4ccc5c(c4)[C@@](C)(CO)CC5)n3)cc21. The third kappa shape index (κ3) is 4.08. The number of anilines is 1. The van der Waals surface area contributed by atoms with E-state index in [4.69, 9.17) is 0 Å². The number of aromatic nitrogens is 3. The molecule has 2 aromatic heterocycles. The normalized spacial score (nSPS) is 17.0. The van der Waals surface area contributed by atoms with Gasteiger partial charge in [0.25, 0.3) is 5.91 Å². The maximum Gasteiger partial charge on any atom is 0.251 e. The number of thiazole rings is 1. The topological polar surface area (TPSA) is 109 Å². The molecule has 1 atom stereocenters. The Morgan fingerprint density at radius 3 is 2.91 bits per heavy atom. The van der Waals surface area contributed by atoms with E-state index in [-0.39, 0.29) is 30.4 Å². The van der Waals surface area contributed by atoms with E-state index in [1.807, 2.05) is 54.3 Å². The number of aryl methyl sites for hydroxylation is 2. The molecule has 0 fully saturated rings. The lowest BCUT2D eigenvalue weighted by atomic mass is 9.84. The Kier molecular flexibility index (Phi) is 5.66. The van der Waals surface area contributed by atoms with Gasteiger partial charge < -0.3 is 20.3 Å². The highest BCUT2D eigenvalue weighted by Gasteiger charge is 2.34. The zero-order valence-electron chi connectivity index (χ0n) is 19.0. The predicted octanol–water partition coefficient (Wildman–Crippen LogP) is 3.26. The van der Waals surface area contributed by atoms with Gasteiger partial charge in [0.1, 0.15) is 0 Å². The summed E-state index contributed by atoms with van der Waals surface area (Å²) in [6.07, 6.45) is 3.52. The number of amides is 2. The van der Waals surface area contributed by atoms with Gasteiger partial charge in [-0.3, -0.25) is 9.59 Å². The van der Waals surface area contributed by atoms with E-state index in [1.54, 1.807) is 12.4 Å². The molecule has 9 heteroatoms. The molecule has 8 nitrogen and oxygen atoms in total. The van der Waals surface area contributed by atoms with Crippen molar-refractivity contribution in [2.75, 3.05) is 18.5 Å². The Morgan fingerprint density at radius 2 is 2.09 bits per heavy atom. The minimum atomic E-state index is -0.349. The van der Waals surface area contributed by atoms with Crippen LogP contribution < -0.4 is 10.6 Å². The number of imidazole rings is 1. The summed E-state index contributed by atoms with van der Waals surface area (Å²) in [4.78, 5) is 33.9. The fourth-order valence-electron chi connectivity index (χ4n) is 4.38. The first-order valence-corrected chi connectivity index (χ1v) is 11.9. The maximum atomic E-state index is 12.6. The third-order valence-electron chi connectivity index (χ3n) is 6.50. The van der Waals surface area contributed by atoms with Crippen molar-refractivity contribution in [1.82, 2.24) is 19.9 Å². The van der Waals surface area contributed by atoms with E-state index in [0.29, 0.717) is 10.7 Å². The number of aliphatic hydroxyl groups excluding tert-OH is 1. The molecule has 3 N–H and O–H groups in total. The first kappa shape index (κ1) is 22.2. The molecule has 0 saturated carbocycles. The van der Waals surface area contributed by atoms with Crippen LogP contribution in [0.5, 0.6) is 0 Å². The molecule has 34 heavy (non-hydrogen) atoms. The van der Waals surface area contributed by atoms with Crippen LogP contribution in [0, 0.1) is 0 Å². The Balaban J connectivity index is 1.21. The molecule has 1 aliphatic rings. The minimum absolute atomic E-state index is 0.0409. The lowest BCUT2D eigenvalue weighted by molar-refractivity contribution is -0.115. The highest BCUT2D eigenvalue weighted by atomic mass is 32.1. The van der Waals surface area contributed by atoms with Crippen LogP contribution in [0.25, 0.3) is 22.3 Å². The summed E-state index contributed by atoms with van der Waals surface area (Å²) < 4.78 is 1.95. The molecule has 4 aromatic rings. The van der Waals surface area contributed by atoms with E-state index in [0.717, 1.165) is 46.3 Å². The minimum Gasteiger partial charge on any atom is -0.395 e. The molecule has 174 valence electrons. The number of nitrogens with one attached hydrogen (secondary N) is 2. The maximum absolute atomic E-state index is 12.6. The largest absolute Gasteiger partial charge is 0.395 e. The molecular weight excluding hydrogens is 450 g/mol. The molecule has 0 spiro atoms. The quantitative estimate of drug-likeness (QED) is 0.397. The van der Waals surface area contributed by atoms with Gasteiger partial charge in [0.15, 0.2) is 5.13 Å². The number of fused-ring (bicyclic) bond motifs is 2. The monoisotopic (exact) mass is 475 g/mol. The summed E-state index contributed by atoms with van der Waals surface area (Å²) in [6.45, 7) is 1.88. The molecule has 2 aromatic carbocycles. The highest BCUT2D eigenvalue weighted by Crippen LogP contribution is 2.38. The van der Waals surface area contributed by atoms with E-state index < -0.39 is 0 Å². The molecule has 5 rings (SSSR count). The molecule has 2 amide bonds. The first-order valence-electron chi connectivity index (χ1n) is 11.1. The summed E-state index contributed by atoms with van der Waals surface area (Å²) in [7, 11) is 1.94. The summed E-state index contributed by atoms with van der Waals surface area (Å²) in [5.41, 5.74) is 5.94. The lowest BCUT2D eigenvalue weighted by Gasteiger charge is -2.22. The fraction of sp³-hybridized carbons (Fsp3) is 0.280. The third-order valence-corrected chi connectivity index (χ3v) is 7.26. The van der Waals surface area contributed by atoms with Crippen molar-refractivity contribution in [2.45, 2.75) is 25.2 Å². The van der Waals surface area contributed by atoms with Crippen molar-refractivity contribution >= 4 is 39.3 Å². The number of rotatable bonds is 6. The van der Waals surface area contributed by atoms with Crippen molar-refractivity contribution in [3.05, 3.63) is 64.8 Å². The molecule has 0 radical (unpaired) electrons. The predicted molar refractivity (Wildman–Crippen MR) is 132 cm³/mol. The van der Waals surface area contributed by atoms with Gasteiger partial charge in [-0.05, 0) is 48.2 Å². The van der Waals surface area contributed by atoms with Gasteiger partial charge in [-0.25, -0.2) is 9.97 Å². The second-order valence-corrected chi connectivity index (χ2v) is 9.78. The van der Waals surface area contributed by atoms with E-state index in [2.05, 4.69) is 20.6 Å². The van der Waals surface area contributed by atoms with Gasteiger partial charge in [-0.1, -0.05) is 19.1 Å². The number of nitrogens with zero attached hydrogens (tertiary/aromatic N) is 3. The van der Waals surface area contributed by atoms with Gasteiger partial charge in [0, 0.05) is 29.0 Å². The first-order chi connectivity index (χ1) is 16.4. The van der Waals surface area contributed by atoms with Crippen LogP contribution in [0.2, 0.25) is 0 Å². The molecule has 0 aliphatic heterocycles. The smallest absolute Gasteiger partial charge is 0.251 e. The van der Waals surface area contributed by atoms with E-state index in [9.17, 15) is 14.7 Å². The van der Waals surface area contributed by atoms with Crippen molar-refractivity contribution < 1.29 is 14.7 Å². The standard InChI is InChI=1S/C25H25N5O3S/c1-25(13-31)8-7-15-3-4-17(9-18(15)25)23(33)26-11-22(32)29-24-28-20(12-34-24)16-5-6-19-21(10-16)30(2)14-27-19/h3-6,9-10,12,14,31H,7-8,11,13H2,1-2H3,(H,26,33)(H,28,29,32)/t25-/m1/s1. The number of hydrogen-bond donors (Lipinski definition) is 3. The number of aliphatic hydroxyl groups is 1. The van der Waals surface area contributed by atoms with Gasteiger partial charge >= 0.3 is 0 Å². The molecular formula is C25H25N5O3S. The van der Waals surface area contributed by atoms with Crippen LogP contribution in [0.3, 0.4) is 0 Å². The Hall–Kier alpha value is -3.56. The summed E-state index contributed by atoms with van der Waals surface area (Å²) in [6, 6.07) is 11.4. The van der Waals surface area contributed by atoms with Gasteiger partial charge in [0.2, 0.25) is 5.91 Å². The highest BCUT2D eigenvalue weighted by molar-refractivity contribution is 7.14.